The number of carbonyl (C=O) groups excluding carboxylic acids is 1. The largest absolute Gasteiger partial charge is 0.432 e. The van der Waals surface area contributed by atoms with Crippen LogP contribution in [-0.2, 0) is 0 Å². The molecule has 0 spiro atoms. The van der Waals surface area contributed by atoms with E-state index >= 15 is 0 Å². The third-order valence-corrected chi connectivity index (χ3v) is 2.67. The van der Waals surface area contributed by atoms with E-state index in [2.05, 4.69) is 15.6 Å². The molecule has 0 bridgehead atoms. The van der Waals surface area contributed by atoms with Crippen molar-refractivity contribution < 1.29 is 9.21 Å². The SMILES string of the molecule is CCNc1ccc(Cl)cc1C(=O)Nc1nc(C)co1. The van der Waals surface area contributed by atoms with Gasteiger partial charge in [0, 0.05) is 17.3 Å². The minimum Gasteiger partial charge on any atom is -0.432 e. The highest BCUT2D eigenvalue weighted by Crippen LogP contribution is 2.21. The molecule has 19 heavy (non-hydrogen) atoms. The number of aromatic nitrogens is 1. The first-order chi connectivity index (χ1) is 9.10. The van der Waals surface area contributed by atoms with Crippen LogP contribution in [0.15, 0.2) is 28.9 Å². The average molecular weight is 280 g/mol. The van der Waals surface area contributed by atoms with Crippen LogP contribution in [0.1, 0.15) is 23.0 Å². The molecule has 100 valence electrons. The van der Waals surface area contributed by atoms with Crippen molar-refractivity contribution in [3.63, 3.8) is 0 Å². The summed E-state index contributed by atoms with van der Waals surface area (Å²) in [5, 5.41) is 6.19. The standard InChI is InChI=1S/C13H14ClN3O2/c1-3-15-11-5-4-9(14)6-10(11)12(18)17-13-16-8(2)7-19-13/h4-7,15H,3H2,1-2H3,(H,16,17,18). The molecule has 0 aliphatic carbocycles. The van der Waals surface area contributed by atoms with Gasteiger partial charge in [0.05, 0.1) is 11.3 Å². The molecule has 5 nitrogen and oxygen atoms in total. The fourth-order valence-corrected chi connectivity index (χ4v) is 1.80. The van der Waals surface area contributed by atoms with Crippen molar-refractivity contribution in [1.82, 2.24) is 4.98 Å². The molecule has 2 rings (SSSR count). The van der Waals surface area contributed by atoms with E-state index in [1.165, 1.54) is 6.26 Å². The molecule has 0 fully saturated rings. The summed E-state index contributed by atoms with van der Waals surface area (Å²) < 4.78 is 5.09. The summed E-state index contributed by atoms with van der Waals surface area (Å²) in [7, 11) is 0. The molecular weight excluding hydrogens is 266 g/mol. The molecule has 0 unspecified atom stereocenters. The molecule has 0 aliphatic heterocycles. The second-order valence-corrected chi connectivity index (χ2v) is 4.40. The highest BCUT2D eigenvalue weighted by atomic mass is 35.5. The predicted octanol–water partition coefficient (Wildman–Crippen LogP) is 3.32. The summed E-state index contributed by atoms with van der Waals surface area (Å²) in [6, 6.07) is 5.27. The first-order valence-electron chi connectivity index (χ1n) is 5.87. The van der Waals surface area contributed by atoms with E-state index in [9.17, 15) is 4.79 Å². The lowest BCUT2D eigenvalue weighted by Gasteiger charge is -2.10. The van der Waals surface area contributed by atoms with Crippen LogP contribution in [0.4, 0.5) is 11.7 Å². The van der Waals surface area contributed by atoms with Gasteiger partial charge in [0.1, 0.15) is 6.26 Å². The van der Waals surface area contributed by atoms with Gasteiger partial charge in [-0.2, -0.15) is 4.98 Å². The van der Waals surface area contributed by atoms with Crippen molar-refractivity contribution in [1.29, 1.82) is 0 Å². The minimum absolute atomic E-state index is 0.171. The molecule has 0 aliphatic rings. The van der Waals surface area contributed by atoms with E-state index in [0.717, 1.165) is 0 Å². The van der Waals surface area contributed by atoms with Crippen LogP contribution in [0, 0.1) is 6.92 Å². The van der Waals surface area contributed by atoms with Gasteiger partial charge >= 0.3 is 6.01 Å². The highest BCUT2D eigenvalue weighted by Gasteiger charge is 2.14. The van der Waals surface area contributed by atoms with Crippen molar-refractivity contribution in [2.45, 2.75) is 13.8 Å². The number of rotatable bonds is 4. The van der Waals surface area contributed by atoms with E-state index < -0.39 is 0 Å². The number of hydrogen-bond donors (Lipinski definition) is 2. The minimum atomic E-state index is -0.319. The molecular formula is C13H14ClN3O2. The number of halogens is 1. The van der Waals surface area contributed by atoms with Crippen LogP contribution in [-0.4, -0.2) is 17.4 Å². The zero-order valence-electron chi connectivity index (χ0n) is 10.7. The topological polar surface area (TPSA) is 67.2 Å². The Bertz CT molecular complexity index is 595. The second-order valence-electron chi connectivity index (χ2n) is 3.97. The number of nitrogens with zero attached hydrogens (tertiary/aromatic N) is 1. The van der Waals surface area contributed by atoms with Crippen LogP contribution >= 0.6 is 11.6 Å². The highest BCUT2D eigenvalue weighted by molar-refractivity contribution is 6.31. The summed E-state index contributed by atoms with van der Waals surface area (Å²) in [4.78, 5) is 16.2. The van der Waals surface area contributed by atoms with Crippen molar-refractivity contribution in [3.8, 4) is 0 Å². The maximum Gasteiger partial charge on any atom is 0.301 e. The van der Waals surface area contributed by atoms with Gasteiger partial charge < -0.3 is 9.73 Å². The van der Waals surface area contributed by atoms with E-state index in [0.29, 0.717) is 28.5 Å². The quantitative estimate of drug-likeness (QED) is 0.901. The third-order valence-electron chi connectivity index (χ3n) is 2.43. The molecule has 0 saturated heterocycles. The van der Waals surface area contributed by atoms with Gasteiger partial charge in [0.2, 0.25) is 0 Å². The van der Waals surface area contributed by atoms with Gasteiger partial charge in [-0.1, -0.05) is 11.6 Å². The first-order valence-corrected chi connectivity index (χ1v) is 6.25. The van der Waals surface area contributed by atoms with Crippen LogP contribution in [0.25, 0.3) is 0 Å². The molecule has 0 atom stereocenters. The molecule has 1 amide bonds. The van der Waals surface area contributed by atoms with Crippen molar-refractivity contribution >= 4 is 29.2 Å². The Labute approximate surface area is 116 Å². The Morgan fingerprint density at radius 3 is 2.89 bits per heavy atom. The van der Waals surface area contributed by atoms with Crippen LogP contribution < -0.4 is 10.6 Å². The molecule has 1 aromatic heterocycles. The monoisotopic (exact) mass is 279 g/mol. The first kappa shape index (κ1) is 13.4. The number of oxazole rings is 1. The molecule has 0 saturated carbocycles. The number of hydrogen-bond acceptors (Lipinski definition) is 4. The summed E-state index contributed by atoms with van der Waals surface area (Å²) in [6.45, 7) is 4.44. The lowest BCUT2D eigenvalue weighted by molar-refractivity contribution is 0.102. The molecule has 1 aromatic carbocycles. The Balaban J connectivity index is 2.24. The van der Waals surface area contributed by atoms with E-state index in [1.807, 2.05) is 6.92 Å². The summed E-state index contributed by atoms with van der Waals surface area (Å²) in [5.41, 5.74) is 1.87. The van der Waals surface area contributed by atoms with Gasteiger partial charge in [-0.25, -0.2) is 0 Å². The smallest absolute Gasteiger partial charge is 0.301 e. The average Bonchev–Trinajstić information content (AvgIpc) is 2.77. The summed E-state index contributed by atoms with van der Waals surface area (Å²) in [6.07, 6.45) is 1.47. The summed E-state index contributed by atoms with van der Waals surface area (Å²) >= 11 is 5.92. The lowest BCUT2D eigenvalue weighted by atomic mass is 10.1. The van der Waals surface area contributed by atoms with E-state index in [-0.39, 0.29) is 11.9 Å². The number of aryl methyl sites for hydroxylation is 1. The predicted molar refractivity (Wildman–Crippen MR) is 74.8 cm³/mol. The zero-order chi connectivity index (χ0) is 13.8. The number of nitrogens with one attached hydrogen (secondary N) is 2. The Kier molecular flexibility index (Phi) is 4.06. The molecule has 1 heterocycles. The summed E-state index contributed by atoms with van der Waals surface area (Å²) in [5.74, 6) is -0.319. The van der Waals surface area contributed by atoms with Gasteiger partial charge in [-0.05, 0) is 32.0 Å². The number of carbonyl (C=O) groups is 1. The Morgan fingerprint density at radius 2 is 2.26 bits per heavy atom. The van der Waals surface area contributed by atoms with Gasteiger partial charge in [0.25, 0.3) is 5.91 Å². The van der Waals surface area contributed by atoms with Gasteiger partial charge in [0.15, 0.2) is 0 Å². The van der Waals surface area contributed by atoms with Crippen molar-refractivity contribution in [3.05, 3.63) is 40.7 Å². The second kappa shape index (κ2) is 5.75. The zero-order valence-corrected chi connectivity index (χ0v) is 11.4. The number of amides is 1. The third kappa shape index (κ3) is 3.26. The normalized spacial score (nSPS) is 10.3. The molecule has 2 aromatic rings. The van der Waals surface area contributed by atoms with E-state index in [4.69, 9.17) is 16.0 Å². The number of benzene rings is 1. The fourth-order valence-electron chi connectivity index (χ4n) is 1.62. The van der Waals surface area contributed by atoms with Crippen LogP contribution in [0.2, 0.25) is 5.02 Å². The molecule has 2 N–H and O–H groups in total. The Hall–Kier alpha value is -2.01. The Morgan fingerprint density at radius 1 is 1.47 bits per heavy atom. The van der Waals surface area contributed by atoms with Crippen LogP contribution in [0.5, 0.6) is 0 Å². The molecule has 6 heteroatoms. The van der Waals surface area contributed by atoms with Crippen molar-refractivity contribution in [2.24, 2.45) is 0 Å². The number of anilines is 2. The maximum atomic E-state index is 12.2. The maximum absolute atomic E-state index is 12.2. The van der Waals surface area contributed by atoms with Gasteiger partial charge in [-0.3, -0.25) is 10.1 Å². The van der Waals surface area contributed by atoms with Crippen molar-refractivity contribution in [2.75, 3.05) is 17.2 Å². The van der Waals surface area contributed by atoms with E-state index in [1.54, 1.807) is 25.1 Å². The van der Waals surface area contributed by atoms with Crippen LogP contribution in [0.3, 0.4) is 0 Å². The lowest BCUT2D eigenvalue weighted by Crippen LogP contribution is -2.15. The fraction of sp³-hybridized carbons (Fsp3) is 0.231. The molecule has 0 radical (unpaired) electrons. The van der Waals surface area contributed by atoms with Gasteiger partial charge in [-0.15, -0.1) is 0 Å².